The fourth-order valence-electron chi connectivity index (χ4n) is 3.11. The van der Waals surface area contributed by atoms with E-state index in [1.54, 1.807) is 0 Å². The van der Waals surface area contributed by atoms with Crippen LogP contribution in [-0.4, -0.2) is 44.0 Å². The van der Waals surface area contributed by atoms with E-state index in [1.165, 1.54) is 12.8 Å². The van der Waals surface area contributed by atoms with Crippen molar-refractivity contribution in [2.24, 2.45) is 0 Å². The van der Waals surface area contributed by atoms with Crippen LogP contribution in [0.1, 0.15) is 53.9 Å². The highest BCUT2D eigenvalue weighted by Crippen LogP contribution is 2.39. The Morgan fingerprint density at radius 3 is 2.78 bits per heavy atom. The van der Waals surface area contributed by atoms with Crippen LogP contribution in [0.5, 0.6) is 0 Å². The molecule has 2 aromatic rings. The molecule has 4 rings (SSSR count). The highest BCUT2D eigenvalue weighted by atomic mass is 16.5. The number of rotatable bonds is 5. The zero-order chi connectivity index (χ0) is 16.0. The predicted octanol–water partition coefficient (Wildman–Crippen LogP) is 1.78. The number of hydrogen-bond acceptors (Lipinski definition) is 5. The summed E-state index contributed by atoms with van der Waals surface area (Å²) in [6.45, 7) is 5.27. The molecule has 0 radical (unpaired) electrons. The lowest BCUT2D eigenvalue weighted by Gasteiger charge is -2.39. The maximum absolute atomic E-state index is 12.3. The van der Waals surface area contributed by atoms with Crippen molar-refractivity contribution in [1.82, 2.24) is 25.1 Å². The highest BCUT2D eigenvalue weighted by molar-refractivity contribution is 5.77. The summed E-state index contributed by atoms with van der Waals surface area (Å²) in [6, 6.07) is 0.276. The summed E-state index contributed by atoms with van der Waals surface area (Å²) in [5.74, 6) is 1.62. The minimum atomic E-state index is 0.184. The van der Waals surface area contributed by atoms with Crippen molar-refractivity contribution in [3.8, 4) is 0 Å². The number of aromatic nitrogens is 4. The number of hydrogen-bond donors (Lipinski definition) is 0. The average Bonchev–Trinajstić information content (AvgIpc) is 3.14. The van der Waals surface area contributed by atoms with Gasteiger partial charge in [0.1, 0.15) is 5.76 Å². The second-order valence-corrected chi connectivity index (χ2v) is 6.65. The Hall–Kier alpha value is -2.18. The van der Waals surface area contributed by atoms with Crippen LogP contribution in [0, 0.1) is 13.8 Å². The number of nitrogens with zero attached hydrogens (tertiary/aromatic N) is 5. The first kappa shape index (κ1) is 14.4. The maximum Gasteiger partial charge on any atom is 0.223 e. The first-order chi connectivity index (χ1) is 11.1. The van der Waals surface area contributed by atoms with Crippen molar-refractivity contribution >= 4 is 5.91 Å². The number of carbonyl (C=O) groups is 1. The Labute approximate surface area is 134 Å². The van der Waals surface area contributed by atoms with Crippen molar-refractivity contribution in [1.29, 1.82) is 0 Å². The molecule has 1 saturated heterocycles. The van der Waals surface area contributed by atoms with E-state index in [0.29, 0.717) is 18.8 Å². The number of likely N-dealkylation sites (tertiary alicyclic amines) is 1. The van der Waals surface area contributed by atoms with Crippen molar-refractivity contribution in [2.45, 2.75) is 51.5 Å². The van der Waals surface area contributed by atoms with E-state index >= 15 is 0 Å². The molecule has 7 heteroatoms. The molecular weight excluding hydrogens is 294 g/mol. The lowest BCUT2D eigenvalue weighted by molar-refractivity contribution is -0.137. The smallest absolute Gasteiger partial charge is 0.223 e. The lowest BCUT2D eigenvalue weighted by atomic mass is 10.0. The van der Waals surface area contributed by atoms with Gasteiger partial charge in [-0.3, -0.25) is 4.79 Å². The number of amides is 1. The van der Waals surface area contributed by atoms with E-state index in [1.807, 2.05) is 29.6 Å². The normalized spacial score (nSPS) is 18.3. The molecule has 0 spiro atoms. The van der Waals surface area contributed by atoms with Gasteiger partial charge in [0, 0.05) is 37.2 Å². The second kappa shape index (κ2) is 5.47. The summed E-state index contributed by atoms with van der Waals surface area (Å²) in [5.41, 5.74) is 3.04. The van der Waals surface area contributed by atoms with Gasteiger partial charge in [-0.05, 0) is 33.1 Å². The zero-order valence-corrected chi connectivity index (χ0v) is 13.5. The molecule has 23 heavy (non-hydrogen) atoms. The molecule has 3 heterocycles. The van der Waals surface area contributed by atoms with E-state index < -0.39 is 0 Å². The standard InChI is InChI=1S/C16H21N5O2/c1-10-14(11(2)23-18-10)5-6-16(22)20-7-13(8-20)21-9-15(17-19-21)12-3-4-12/h9,12-13H,3-8H2,1-2H3. The fourth-order valence-corrected chi connectivity index (χ4v) is 3.11. The van der Waals surface area contributed by atoms with Crippen LogP contribution in [0.3, 0.4) is 0 Å². The van der Waals surface area contributed by atoms with Crippen molar-refractivity contribution in [3.05, 3.63) is 28.9 Å². The largest absolute Gasteiger partial charge is 0.361 e. The van der Waals surface area contributed by atoms with Gasteiger partial charge in [-0.15, -0.1) is 5.10 Å². The van der Waals surface area contributed by atoms with Crippen LogP contribution in [0.2, 0.25) is 0 Å². The number of carbonyl (C=O) groups excluding carboxylic acids is 1. The maximum atomic E-state index is 12.3. The summed E-state index contributed by atoms with van der Waals surface area (Å²) < 4.78 is 7.06. The van der Waals surface area contributed by atoms with Gasteiger partial charge in [0.05, 0.1) is 17.4 Å². The van der Waals surface area contributed by atoms with Crippen molar-refractivity contribution < 1.29 is 9.32 Å². The molecule has 1 amide bonds. The summed E-state index contributed by atoms with van der Waals surface area (Å²) in [7, 11) is 0. The van der Waals surface area contributed by atoms with E-state index in [9.17, 15) is 4.79 Å². The van der Waals surface area contributed by atoms with Crippen LogP contribution in [0.4, 0.5) is 0 Å². The molecule has 1 aliphatic heterocycles. The zero-order valence-electron chi connectivity index (χ0n) is 13.5. The van der Waals surface area contributed by atoms with Crippen molar-refractivity contribution in [3.63, 3.8) is 0 Å². The van der Waals surface area contributed by atoms with E-state index in [2.05, 4.69) is 15.5 Å². The summed E-state index contributed by atoms with van der Waals surface area (Å²) >= 11 is 0. The molecule has 122 valence electrons. The monoisotopic (exact) mass is 315 g/mol. The van der Waals surface area contributed by atoms with Gasteiger partial charge in [-0.1, -0.05) is 10.4 Å². The van der Waals surface area contributed by atoms with E-state index in [-0.39, 0.29) is 11.9 Å². The predicted molar refractivity (Wildman–Crippen MR) is 81.9 cm³/mol. The molecule has 1 aliphatic carbocycles. The Morgan fingerprint density at radius 1 is 1.35 bits per heavy atom. The van der Waals surface area contributed by atoms with Gasteiger partial charge < -0.3 is 9.42 Å². The second-order valence-electron chi connectivity index (χ2n) is 6.65. The Kier molecular flexibility index (Phi) is 3.43. The third kappa shape index (κ3) is 2.75. The average molecular weight is 315 g/mol. The molecule has 0 aromatic carbocycles. The summed E-state index contributed by atoms with van der Waals surface area (Å²) in [5, 5.41) is 12.4. The van der Waals surface area contributed by atoms with Gasteiger partial charge in [0.15, 0.2) is 0 Å². The van der Waals surface area contributed by atoms with Crippen LogP contribution in [0.15, 0.2) is 10.7 Å². The molecular formula is C16H21N5O2. The SMILES string of the molecule is Cc1noc(C)c1CCC(=O)N1CC(n2cc(C3CC3)nn2)C1. The molecule has 1 saturated carbocycles. The van der Waals surface area contributed by atoms with Gasteiger partial charge in [-0.2, -0.15) is 0 Å². The molecule has 2 fully saturated rings. The van der Waals surface area contributed by atoms with Crippen LogP contribution in [0.25, 0.3) is 0 Å². The molecule has 2 aliphatic rings. The molecule has 0 bridgehead atoms. The van der Waals surface area contributed by atoms with Crippen molar-refractivity contribution in [2.75, 3.05) is 13.1 Å². The Balaban J connectivity index is 1.28. The Bertz CT molecular complexity index is 705. The van der Waals surface area contributed by atoms with Gasteiger partial charge in [0.25, 0.3) is 0 Å². The minimum absolute atomic E-state index is 0.184. The third-order valence-electron chi connectivity index (χ3n) is 4.88. The van der Waals surface area contributed by atoms with E-state index in [4.69, 9.17) is 4.52 Å². The summed E-state index contributed by atoms with van der Waals surface area (Å²) in [4.78, 5) is 14.2. The van der Waals surface area contributed by atoms with Gasteiger partial charge in [-0.25, -0.2) is 4.68 Å². The molecule has 0 atom stereocenters. The lowest BCUT2D eigenvalue weighted by Crippen LogP contribution is -2.51. The first-order valence-corrected chi connectivity index (χ1v) is 8.23. The van der Waals surface area contributed by atoms with Crippen LogP contribution in [-0.2, 0) is 11.2 Å². The first-order valence-electron chi connectivity index (χ1n) is 8.23. The van der Waals surface area contributed by atoms with Crippen LogP contribution < -0.4 is 0 Å². The highest BCUT2D eigenvalue weighted by Gasteiger charge is 2.34. The molecule has 0 N–H and O–H groups in total. The molecule has 7 nitrogen and oxygen atoms in total. The molecule has 2 aromatic heterocycles. The minimum Gasteiger partial charge on any atom is -0.361 e. The van der Waals surface area contributed by atoms with Gasteiger partial charge >= 0.3 is 0 Å². The van der Waals surface area contributed by atoms with Gasteiger partial charge in [0.2, 0.25) is 5.91 Å². The third-order valence-corrected chi connectivity index (χ3v) is 4.88. The van der Waals surface area contributed by atoms with E-state index in [0.717, 1.165) is 35.8 Å². The quantitative estimate of drug-likeness (QED) is 0.840. The topological polar surface area (TPSA) is 77.0 Å². The summed E-state index contributed by atoms with van der Waals surface area (Å²) in [6.07, 6.45) is 5.70. The molecule has 0 unspecified atom stereocenters. The van der Waals surface area contributed by atoms with Crippen LogP contribution >= 0.6 is 0 Å². The number of aryl methyl sites for hydroxylation is 2. The fraction of sp³-hybridized carbons (Fsp3) is 0.625. The Morgan fingerprint density at radius 2 is 2.13 bits per heavy atom.